The molecule has 5 heteroatoms. The lowest BCUT2D eigenvalue weighted by Crippen LogP contribution is -1.94. The highest BCUT2D eigenvalue weighted by molar-refractivity contribution is 5.65. The molecular weight excluding hydrogens is 380 g/mol. The molecule has 3 rings (SSSR count). The molecule has 0 bridgehead atoms. The van der Waals surface area contributed by atoms with Crippen molar-refractivity contribution >= 4 is 0 Å². The minimum Gasteiger partial charge on any atom is -0.385 e. The molecule has 0 aliphatic rings. The van der Waals surface area contributed by atoms with Crippen LogP contribution in [0.2, 0.25) is 0 Å². The molecule has 3 aromatic rings. The van der Waals surface area contributed by atoms with Crippen molar-refractivity contribution in [3.05, 3.63) is 94.6 Å². The van der Waals surface area contributed by atoms with Crippen molar-refractivity contribution in [1.29, 1.82) is 0 Å². The van der Waals surface area contributed by atoms with Gasteiger partial charge in [0.15, 0.2) is 11.6 Å². The third-order valence-electron chi connectivity index (χ3n) is 4.39. The number of halogens is 4. The summed E-state index contributed by atoms with van der Waals surface area (Å²) in [5.41, 5.74) is 1.88. The lowest BCUT2D eigenvalue weighted by molar-refractivity contribution is 0.195. The summed E-state index contributed by atoms with van der Waals surface area (Å²) >= 11 is 0. The normalized spacial score (nSPS) is 10.5. The smallest absolute Gasteiger partial charge is 0.160 e. The maximum atomic E-state index is 14.4. The highest BCUT2D eigenvalue weighted by Gasteiger charge is 2.11. The molecule has 0 unspecified atom stereocenters. The molecule has 0 radical (unpaired) electrons. The van der Waals surface area contributed by atoms with E-state index < -0.39 is 28.8 Å². The van der Waals surface area contributed by atoms with Crippen molar-refractivity contribution < 1.29 is 22.3 Å². The van der Waals surface area contributed by atoms with Gasteiger partial charge in [0, 0.05) is 19.3 Å². The Hall–Kier alpha value is -3.10. The maximum Gasteiger partial charge on any atom is 0.160 e. The molecule has 0 heterocycles. The molecule has 0 aromatic heterocycles. The predicted octanol–water partition coefficient (Wildman–Crippen LogP) is 5.89. The Balaban J connectivity index is 1.82. The zero-order valence-electron chi connectivity index (χ0n) is 15.7. The summed E-state index contributed by atoms with van der Waals surface area (Å²) in [5.74, 6) is 1.09. The lowest BCUT2D eigenvalue weighted by Gasteiger charge is -2.07. The summed E-state index contributed by atoms with van der Waals surface area (Å²) < 4.78 is 60.1. The van der Waals surface area contributed by atoms with Crippen LogP contribution in [0.4, 0.5) is 17.6 Å². The highest BCUT2D eigenvalue weighted by Crippen LogP contribution is 2.25. The second kappa shape index (κ2) is 9.40. The van der Waals surface area contributed by atoms with E-state index in [9.17, 15) is 17.6 Å². The minimum absolute atomic E-state index is 0.121. The summed E-state index contributed by atoms with van der Waals surface area (Å²) in [6.45, 7) is 0.672. The molecule has 0 aliphatic carbocycles. The Bertz CT molecular complexity index is 1040. The van der Waals surface area contributed by atoms with E-state index in [1.807, 2.05) is 24.3 Å². The van der Waals surface area contributed by atoms with Gasteiger partial charge in [-0.3, -0.25) is 0 Å². The standard InChI is InChI=1S/C24H18F4O/c1-29-12-2-3-16-4-8-18(9-5-16)19-14-22(26)20(23(27)15-19)10-6-17-7-11-21(25)24(28)13-17/h4-5,7-9,11,13-15H,2-3,12H2,1H3. The van der Waals surface area contributed by atoms with Crippen LogP contribution in [0.1, 0.15) is 23.1 Å². The van der Waals surface area contributed by atoms with Crippen LogP contribution in [0.5, 0.6) is 0 Å². The second-order valence-corrected chi connectivity index (χ2v) is 6.49. The van der Waals surface area contributed by atoms with Gasteiger partial charge in [-0.1, -0.05) is 36.1 Å². The Labute approximate surface area is 167 Å². The van der Waals surface area contributed by atoms with Crippen LogP contribution in [0.3, 0.4) is 0 Å². The molecule has 0 atom stereocenters. The molecular formula is C24H18F4O. The fourth-order valence-electron chi connectivity index (χ4n) is 2.85. The molecule has 0 aliphatic heterocycles. The van der Waals surface area contributed by atoms with Crippen LogP contribution in [0, 0.1) is 35.1 Å². The van der Waals surface area contributed by atoms with Gasteiger partial charge < -0.3 is 4.74 Å². The molecule has 0 N–H and O–H groups in total. The number of methoxy groups -OCH3 is 1. The number of hydrogen-bond acceptors (Lipinski definition) is 1. The molecule has 0 amide bonds. The van der Waals surface area contributed by atoms with E-state index in [0.29, 0.717) is 17.7 Å². The topological polar surface area (TPSA) is 9.23 Å². The average Bonchev–Trinajstić information content (AvgIpc) is 2.70. The third-order valence-corrected chi connectivity index (χ3v) is 4.39. The lowest BCUT2D eigenvalue weighted by atomic mass is 10.0. The number of benzene rings is 3. The van der Waals surface area contributed by atoms with E-state index in [4.69, 9.17) is 4.74 Å². The first-order chi connectivity index (χ1) is 14.0. The molecule has 0 fully saturated rings. The van der Waals surface area contributed by atoms with Crippen molar-refractivity contribution in [3.8, 4) is 23.0 Å². The van der Waals surface area contributed by atoms with E-state index in [-0.39, 0.29) is 5.56 Å². The van der Waals surface area contributed by atoms with Gasteiger partial charge in [-0.05, 0) is 59.9 Å². The SMILES string of the molecule is COCCCc1ccc(-c2cc(F)c(C#Cc3ccc(F)c(F)c3)c(F)c2)cc1. The fraction of sp³-hybridized carbons (Fsp3) is 0.167. The molecule has 29 heavy (non-hydrogen) atoms. The summed E-state index contributed by atoms with van der Waals surface area (Å²) in [6.07, 6.45) is 1.75. The van der Waals surface area contributed by atoms with Gasteiger partial charge in [0.05, 0.1) is 5.56 Å². The van der Waals surface area contributed by atoms with E-state index in [2.05, 4.69) is 11.8 Å². The van der Waals surface area contributed by atoms with Crippen molar-refractivity contribution in [2.24, 2.45) is 0 Å². The molecule has 0 saturated carbocycles. The first-order valence-electron chi connectivity index (χ1n) is 9.02. The third kappa shape index (κ3) is 5.24. The van der Waals surface area contributed by atoms with Gasteiger partial charge in [-0.25, -0.2) is 17.6 Å². The average molecular weight is 398 g/mol. The number of ether oxygens (including phenoxy) is 1. The zero-order chi connectivity index (χ0) is 20.8. The first kappa shape index (κ1) is 20.6. The predicted molar refractivity (Wildman–Crippen MR) is 104 cm³/mol. The van der Waals surface area contributed by atoms with Crippen LogP contribution in [-0.4, -0.2) is 13.7 Å². The summed E-state index contributed by atoms with van der Waals surface area (Å²) in [4.78, 5) is 0. The Morgan fingerprint density at radius 2 is 1.41 bits per heavy atom. The van der Waals surface area contributed by atoms with Gasteiger partial charge in [-0.15, -0.1) is 0 Å². The van der Waals surface area contributed by atoms with Crippen molar-refractivity contribution in [3.63, 3.8) is 0 Å². The Kier molecular flexibility index (Phi) is 6.69. The Morgan fingerprint density at radius 3 is 2.03 bits per heavy atom. The molecule has 1 nitrogen and oxygen atoms in total. The number of hydrogen-bond donors (Lipinski definition) is 0. The fourth-order valence-corrected chi connectivity index (χ4v) is 2.85. The summed E-state index contributed by atoms with van der Waals surface area (Å²) in [7, 11) is 1.65. The van der Waals surface area contributed by atoms with Crippen LogP contribution < -0.4 is 0 Å². The van der Waals surface area contributed by atoms with E-state index in [1.54, 1.807) is 7.11 Å². The Morgan fingerprint density at radius 1 is 0.724 bits per heavy atom. The number of aryl methyl sites for hydroxylation is 1. The summed E-state index contributed by atoms with van der Waals surface area (Å²) in [5, 5.41) is 0. The van der Waals surface area contributed by atoms with Crippen molar-refractivity contribution in [1.82, 2.24) is 0 Å². The van der Waals surface area contributed by atoms with Crippen LogP contribution in [0.15, 0.2) is 54.6 Å². The molecule has 3 aromatic carbocycles. The molecule has 0 saturated heterocycles. The monoisotopic (exact) mass is 398 g/mol. The van der Waals surface area contributed by atoms with Crippen molar-refractivity contribution in [2.45, 2.75) is 12.8 Å². The highest BCUT2D eigenvalue weighted by atomic mass is 19.2. The first-order valence-corrected chi connectivity index (χ1v) is 9.02. The van der Waals surface area contributed by atoms with Crippen LogP contribution in [0.25, 0.3) is 11.1 Å². The van der Waals surface area contributed by atoms with Gasteiger partial charge >= 0.3 is 0 Å². The summed E-state index contributed by atoms with van der Waals surface area (Å²) in [6, 6.07) is 12.9. The van der Waals surface area contributed by atoms with Crippen molar-refractivity contribution in [2.75, 3.05) is 13.7 Å². The maximum absolute atomic E-state index is 14.4. The zero-order valence-corrected chi connectivity index (χ0v) is 15.7. The quantitative estimate of drug-likeness (QED) is 0.296. The number of rotatable bonds is 5. The van der Waals surface area contributed by atoms with E-state index >= 15 is 0 Å². The second-order valence-electron chi connectivity index (χ2n) is 6.49. The molecule has 148 valence electrons. The van der Waals surface area contributed by atoms with E-state index in [1.165, 1.54) is 18.2 Å². The van der Waals surface area contributed by atoms with Gasteiger partial charge in [0.1, 0.15) is 11.6 Å². The van der Waals surface area contributed by atoms with Gasteiger partial charge in [0.25, 0.3) is 0 Å². The van der Waals surface area contributed by atoms with E-state index in [0.717, 1.165) is 30.5 Å². The van der Waals surface area contributed by atoms with Crippen LogP contribution >= 0.6 is 0 Å². The van der Waals surface area contributed by atoms with Crippen LogP contribution in [-0.2, 0) is 11.2 Å². The minimum atomic E-state index is -1.07. The van der Waals surface area contributed by atoms with Gasteiger partial charge in [-0.2, -0.15) is 0 Å². The van der Waals surface area contributed by atoms with Gasteiger partial charge in [0.2, 0.25) is 0 Å². The molecule has 0 spiro atoms. The largest absolute Gasteiger partial charge is 0.385 e.